The van der Waals surface area contributed by atoms with Crippen LogP contribution in [0.1, 0.15) is 19.5 Å². The summed E-state index contributed by atoms with van der Waals surface area (Å²) < 4.78 is 0. The summed E-state index contributed by atoms with van der Waals surface area (Å²) in [6, 6.07) is 10.7. The third-order valence-electron chi connectivity index (χ3n) is 3.13. The number of nitrogens with zero attached hydrogens (tertiary/aromatic N) is 6. The van der Waals surface area contributed by atoms with Crippen LogP contribution in [0, 0.1) is 11.3 Å². The predicted molar refractivity (Wildman–Crippen MR) is 99.1 cm³/mol. The first-order valence-corrected chi connectivity index (χ1v) is 8.20. The minimum absolute atomic E-state index is 0.136. The number of aromatic nitrogens is 5. The lowest BCUT2D eigenvalue weighted by molar-refractivity contribution is 0.869. The molecule has 9 heteroatoms. The fourth-order valence-corrected chi connectivity index (χ4v) is 2.26. The third kappa shape index (κ3) is 4.40. The summed E-state index contributed by atoms with van der Waals surface area (Å²) in [6.45, 7) is 3.96. The van der Waals surface area contributed by atoms with Crippen LogP contribution in [0.3, 0.4) is 0 Å². The van der Waals surface area contributed by atoms with Crippen LogP contribution >= 0.6 is 11.6 Å². The van der Waals surface area contributed by atoms with E-state index < -0.39 is 0 Å². The Hall–Kier alpha value is -3.31. The zero-order valence-electron chi connectivity index (χ0n) is 14.1. The Morgan fingerprint density at radius 3 is 2.62 bits per heavy atom. The molecule has 0 aliphatic rings. The normalized spacial score (nSPS) is 10.4. The molecular weight excluding hydrogens is 352 g/mol. The molecule has 0 atom stereocenters. The first-order chi connectivity index (χ1) is 12.5. The molecule has 0 bridgehead atoms. The second-order valence-corrected chi connectivity index (χ2v) is 6.00. The van der Waals surface area contributed by atoms with Gasteiger partial charge in [0.25, 0.3) is 0 Å². The number of rotatable bonds is 5. The molecule has 8 nitrogen and oxygen atoms in total. The van der Waals surface area contributed by atoms with Crippen LogP contribution < -0.4 is 10.6 Å². The number of pyridine rings is 2. The zero-order valence-corrected chi connectivity index (χ0v) is 14.9. The van der Waals surface area contributed by atoms with Crippen molar-refractivity contribution in [1.29, 1.82) is 5.26 Å². The van der Waals surface area contributed by atoms with Crippen molar-refractivity contribution in [2.45, 2.75) is 19.9 Å². The lowest BCUT2D eigenvalue weighted by Gasteiger charge is -2.12. The molecule has 0 aliphatic carbocycles. The fourth-order valence-electron chi connectivity index (χ4n) is 2.10. The zero-order chi connectivity index (χ0) is 18.5. The van der Waals surface area contributed by atoms with Gasteiger partial charge in [0.05, 0.1) is 0 Å². The monoisotopic (exact) mass is 366 g/mol. The van der Waals surface area contributed by atoms with Gasteiger partial charge in [0.1, 0.15) is 22.6 Å². The molecule has 3 rings (SSSR count). The maximum atomic E-state index is 8.98. The number of hydrogen-bond acceptors (Lipinski definition) is 8. The molecule has 0 fully saturated rings. The highest BCUT2D eigenvalue weighted by atomic mass is 35.5. The van der Waals surface area contributed by atoms with Gasteiger partial charge in [-0.15, -0.1) is 0 Å². The maximum absolute atomic E-state index is 8.98. The van der Waals surface area contributed by atoms with E-state index in [1.807, 2.05) is 19.9 Å². The van der Waals surface area contributed by atoms with Crippen LogP contribution in [0.5, 0.6) is 0 Å². The number of anilines is 3. The number of halogens is 1. The van der Waals surface area contributed by atoms with Gasteiger partial charge in [-0.2, -0.15) is 20.2 Å². The molecule has 3 heterocycles. The van der Waals surface area contributed by atoms with Crippen molar-refractivity contribution in [3.63, 3.8) is 0 Å². The van der Waals surface area contributed by atoms with Gasteiger partial charge in [0.15, 0.2) is 5.82 Å². The van der Waals surface area contributed by atoms with Crippen molar-refractivity contribution in [3.05, 3.63) is 47.4 Å². The Kier molecular flexibility index (Phi) is 5.20. The van der Waals surface area contributed by atoms with E-state index in [1.165, 1.54) is 6.20 Å². The molecule has 0 saturated carbocycles. The molecule has 26 heavy (non-hydrogen) atoms. The number of nitriles is 1. The molecule has 0 unspecified atom stereocenters. The summed E-state index contributed by atoms with van der Waals surface area (Å²) in [7, 11) is 0. The van der Waals surface area contributed by atoms with Gasteiger partial charge in [-0.25, -0.2) is 9.97 Å². The molecule has 0 aromatic carbocycles. The number of hydrogen-bond donors (Lipinski definition) is 2. The summed E-state index contributed by atoms with van der Waals surface area (Å²) in [5.41, 5.74) is 1.46. The van der Waals surface area contributed by atoms with Crippen molar-refractivity contribution in [2.24, 2.45) is 0 Å². The molecule has 0 spiro atoms. The average molecular weight is 367 g/mol. The van der Waals surface area contributed by atoms with Crippen LogP contribution in [0.4, 0.5) is 17.6 Å². The summed E-state index contributed by atoms with van der Waals surface area (Å²) >= 11 is 5.97. The van der Waals surface area contributed by atoms with Gasteiger partial charge in [0.2, 0.25) is 11.9 Å². The van der Waals surface area contributed by atoms with E-state index in [4.69, 9.17) is 16.9 Å². The minimum atomic E-state index is 0.136. The van der Waals surface area contributed by atoms with Crippen molar-refractivity contribution >= 4 is 29.2 Å². The van der Waals surface area contributed by atoms with E-state index >= 15 is 0 Å². The highest BCUT2D eigenvalue weighted by molar-refractivity contribution is 6.29. The van der Waals surface area contributed by atoms with Crippen LogP contribution in [0.15, 0.2) is 36.5 Å². The van der Waals surface area contributed by atoms with Gasteiger partial charge >= 0.3 is 0 Å². The van der Waals surface area contributed by atoms with Crippen LogP contribution in [-0.4, -0.2) is 31.0 Å². The summed E-state index contributed by atoms with van der Waals surface area (Å²) in [5.74, 6) is 1.10. The van der Waals surface area contributed by atoms with E-state index in [-0.39, 0.29) is 6.04 Å². The Bertz CT molecular complexity index is 967. The lowest BCUT2D eigenvalue weighted by Crippen LogP contribution is -2.14. The molecule has 0 radical (unpaired) electrons. The fraction of sp³-hybridized carbons (Fsp3) is 0.176. The van der Waals surface area contributed by atoms with Gasteiger partial charge in [-0.1, -0.05) is 17.7 Å². The molecule has 3 aromatic rings. The van der Waals surface area contributed by atoms with Crippen LogP contribution in [0.25, 0.3) is 11.5 Å². The molecule has 130 valence electrons. The van der Waals surface area contributed by atoms with Gasteiger partial charge in [0, 0.05) is 17.9 Å². The third-order valence-corrected chi connectivity index (χ3v) is 3.34. The first kappa shape index (κ1) is 17.5. The van der Waals surface area contributed by atoms with Crippen molar-refractivity contribution in [3.8, 4) is 17.6 Å². The average Bonchev–Trinajstić information content (AvgIpc) is 2.61. The lowest BCUT2D eigenvalue weighted by atomic mass is 10.3. The molecular formula is C17H15ClN8. The smallest absolute Gasteiger partial charge is 0.232 e. The summed E-state index contributed by atoms with van der Waals surface area (Å²) in [4.78, 5) is 21.4. The molecule has 0 aliphatic heterocycles. The van der Waals surface area contributed by atoms with Crippen LogP contribution in [0.2, 0.25) is 5.15 Å². The predicted octanol–water partition coefficient (Wildman–Crippen LogP) is 3.42. The van der Waals surface area contributed by atoms with E-state index in [1.54, 1.807) is 30.3 Å². The second-order valence-electron chi connectivity index (χ2n) is 5.62. The van der Waals surface area contributed by atoms with Gasteiger partial charge in [-0.05, 0) is 38.1 Å². The molecule has 0 saturated heterocycles. The van der Waals surface area contributed by atoms with Crippen LogP contribution in [-0.2, 0) is 0 Å². The minimum Gasteiger partial charge on any atom is -0.352 e. The van der Waals surface area contributed by atoms with E-state index in [0.717, 1.165) is 0 Å². The van der Waals surface area contributed by atoms with Crippen molar-refractivity contribution < 1.29 is 0 Å². The van der Waals surface area contributed by atoms with E-state index in [2.05, 4.69) is 35.6 Å². The Morgan fingerprint density at radius 1 is 1.08 bits per heavy atom. The molecule has 3 aromatic heterocycles. The van der Waals surface area contributed by atoms with E-state index in [0.29, 0.717) is 39.9 Å². The number of nitrogens with one attached hydrogen (secondary N) is 2. The van der Waals surface area contributed by atoms with Gasteiger partial charge in [-0.3, -0.25) is 0 Å². The first-order valence-electron chi connectivity index (χ1n) is 7.82. The summed E-state index contributed by atoms with van der Waals surface area (Å²) in [6.07, 6.45) is 1.54. The molecule has 0 amide bonds. The van der Waals surface area contributed by atoms with Crippen molar-refractivity contribution in [2.75, 3.05) is 10.6 Å². The second kappa shape index (κ2) is 7.72. The highest BCUT2D eigenvalue weighted by Gasteiger charge is 2.11. The molecule has 2 N–H and O–H groups in total. The largest absolute Gasteiger partial charge is 0.352 e. The van der Waals surface area contributed by atoms with Gasteiger partial charge < -0.3 is 10.6 Å². The maximum Gasteiger partial charge on any atom is 0.232 e. The quantitative estimate of drug-likeness (QED) is 0.660. The highest BCUT2D eigenvalue weighted by Crippen LogP contribution is 2.20. The van der Waals surface area contributed by atoms with E-state index in [9.17, 15) is 0 Å². The Morgan fingerprint density at radius 2 is 1.88 bits per heavy atom. The SMILES string of the molecule is CC(C)Nc1nc(Nc2ccnc(C#N)c2)nc(-c2cccc(Cl)n2)n1. The topological polar surface area (TPSA) is 112 Å². The summed E-state index contributed by atoms with van der Waals surface area (Å²) in [5, 5.41) is 15.5. The Balaban J connectivity index is 2.00. The van der Waals surface area contributed by atoms with Crippen molar-refractivity contribution in [1.82, 2.24) is 24.9 Å². The Labute approximate surface area is 155 Å². The standard InChI is InChI=1S/C17H15ClN8/c1-10(2)21-16-24-15(13-4-3-5-14(18)23-13)25-17(26-16)22-11-6-7-20-12(8-11)9-19/h3-8,10H,1-2H3,(H2,20,21,22,24,25,26).